The molecule has 1 aliphatic carbocycles. The van der Waals surface area contributed by atoms with Crippen molar-refractivity contribution >= 4 is 17.5 Å². The third kappa shape index (κ3) is 7.29. The molecule has 1 saturated carbocycles. The first-order valence-corrected chi connectivity index (χ1v) is 11.2. The van der Waals surface area contributed by atoms with Gasteiger partial charge in [-0.25, -0.2) is 0 Å². The number of carbonyl (C=O) groups excluding carboxylic acids is 2. The predicted molar refractivity (Wildman–Crippen MR) is 117 cm³/mol. The molecular weight excluding hydrogens is 348 g/mol. The maximum atomic E-state index is 12.6. The van der Waals surface area contributed by atoms with Gasteiger partial charge in [-0.1, -0.05) is 89.8 Å². The van der Waals surface area contributed by atoms with Gasteiger partial charge in [-0.3, -0.25) is 9.59 Å². The van der Waals surface area contributed by atoms with Gasteiger partial charge in [0.05, 0.1) is 0 Å². The van der Waals surface area contributed by atoms with Crippen LogP contribution >= 0.6 is 0 Å². The zero-order valence-electron chi connectivity index (χ0n) is 18.0. The molecule has 4 heteroatoms. The van der Waals surface area contributed by atoms with Crippen LogP contribution in [0.1, 0.15) is 102 Å². The van der Waals surface area contributed by atoms with Crippen molar-refractivity contribution in [1.29, 1.82) is 0 Å². The fourth-order valence-electron chi connectivity index (χ4n) is 4.07. The van der Waals surface area contributed by atoms with Gasteiger partial charge in [0, 0.05) is 11.7 Å². The van der Waals surface area contributed by atoms with Gasteiger partial charge in [0.15, 0.2) is 0 Å². The van der Waals surface area contributed by atoms with Gasteiger partial charge < -0.3 is 10.6 Å². The second-order valence-electron chi connectivity index (χ2n) is 8.58. The van der Waals surface area contributed by atoms with E-state index in [0.29, 0.717) is 0 Å². The van der Waals surface area contributed by atoms with Crippen molar-refractivity contribution < 1.29 is 9.59 Å². The largest absolute Gasteiger partial charge is 0.345 e. The topological polar surface area (TPSA) is 58.2 Å². The number of carbonyl (C=O) groups is 2. The molecule has 2 amide bonds. The fourth-order valence-corrected chi connectivity index (χ4v) is 4.07. The molecule has 0 spiro atoms. The number of para-hydroxylation sites is 1. The molecule has 1 aromatic rings. The number of anilines is 1. The second-order valence-corrected chi connectivity index (χ2v) is 8.58. The van der Waals surface area contributed by atoms with Gasteiger partial charge in [-0.15, -0.1) is 0 Å². The Morgan fingerprint density at radius 3 is 1.93 bits per heavy atom. The van der Waals surface area contributed by atoms with Crippen molar-refractivity contribution in [3.05, 3.63) is 29.3 Å². The summed E-state index contributed by atoms with van der Waals surface area (Å²) in [7, 11) is 0. The molecule has 4 nitrogen and oxygen atoms in total. The Hall–Kier alpha value is -1.84. The summed E-state index contributed by atoms with van der Waals surface area (Å²) >= 11 is 0. The molecule has 0 aromatic heterocycles. The van der Waals surface area contributed by atoms with Crippen molar-refractivity contribution in [2.24, 2.45) is 0 Å². The van der Waals surface area contributed by atoms with Crippen LogP contribution in [0.2, 0.25) is 0 Å². The van der Waals surface area contributed by atoms with Crippen molar-refractivity contribution in [1.82, 2.24) is 5.32 Å². The van der Waals surface area contributed by atoms with Crippen LogP contribution in [0, 0.1) is 6.92 Å². The first-order valence-electron chi connectivity index (χ1n) is 11.2. The minimum atomic E-state index is -0.553. The van der Waals surface area contributed by atoms with Crippen molar-refractivity contribution in [2.45, 2.75) is 103 Å². The molecule has 0 saturated heterocycles. The van der Waals surface area contributed by atoms with Gasteiger partial charge in [-0.2, -0.15) is 0 Å². The Balaban J connectivity index is 1.95. The lowest BCUT2D eigenvalue weighted by molar-refractivity contribution is -0.136. The highest BCUT2D eigenvalue weighted by atomic mass is 16.2. The molecule has 0 atom stereocenters. The van der Waals surface area contributed by atoms with E-state index in [4.69, 9.17) is 0 Å². The number of aryl methyl sites for hydroxylation is 1. The summed E-state index contributed by atoms with van der Waals surface area (Å²) in [6, 6.07) is 6.08. The number of nitrogens with one attached hydrogen (secondary N) is 2. The number of rotatable bonds is 3. The van der Waals surface area contributed by atoms with Crippen LogP contribution in [0.3, 0.4) is 0 Å². The monoisotopic (exact) mass is 386 g/mol. The summed E-state index contributed by atoms with van der Waals surface area (Å²) in [5.41, 5.74) is 2.82. The molecule has 0 aliphatic heterocycles. The molecule has 1 fully saturated rings. The molecule has 0 heterocycles. The highest BCUT2D eigenvalue weighted by Gasteiger charge is 2.21. The Labute approximate surface area is 170 Å². The van der Waals surface area contributed by atoms with Gasteiger partial charge in [0.25, 0.3) is 0 Å². The van der Waals surface area contributed by atoms with E-state index in [9.17, 15) is 9.59 Å². The van der Waals surface area contributed by atoms with Crippen LogP contribution in [0.15, 0.2) is 18.2 Å². The molecule has 0 radical (unpaired) electrons. The minimum Gasteiger partial charge on any atom is -0.345 e. The summed E-state index contributed by atoms with van der Waals surface area (Å²) in [5.74, 6) is -0.776. The molecule has 0 unspecified atom stereocenters. The predicted octanol–water partition coefficient (Wildman–Crippen LogP) is 5.85. The molecule has 1 aromatic carbocycles. The molecule has 0 bridgehead atoms. The third-order valence-electron chi connectivity index (χ3n) is 5.81. The van der Waals surface area contributed by atoms with Crippen molar-refractivity contribution in [2.75, 3.05) is 5.32 Å². The maximum Gasteiger partial charge on any atom is 0.313 e. The first kappa shape index (κ1) is 22.4. The molecule has 156 valence electrons. The Morgan fingerprint density at radius 1 is 0.857 bits per heavy atom. The van der Waals surface area contributed by atoms with E-state index in [-0.39, 0.29) is 12.0 Å². The Bertz CT molecular complexity index is 627. The molecule has 2 rings (SSSR count). The fraction of sp³-hybridized carbons (Fsp3) is 0.667. The molecule has 1 aliphatic rings. The zero-order chi connectivity index (χ0) is 20.4. The summed E-state index contributed by atoms with van der Waals surface area (Å²) in [6.45, 7) is 6.15. The van der Waals surface area contributed by atoms with Gasteiger partial charge in [0.1, 0.15) is 0 Å². The maximum absolute atomic E-state index is 12.6. The highest BCUT2D eigenvalue weighted by molar-refractivity contribution is 6.39. The lowest BCUT2D eigenvalue weighted by Crippen LogP contribution is -2.42. The Morgan fingerprint density at radius 2 is 1.39 bits per heavy atom. The van der Waals surface area contributed by atoms with E-state index >= 15 is 0 Å². The smallest absolute Gasteiger partial charge is 0.313 e. The van der Waals surface area contributed by atoms with Crippen molar-refractivity contribution in [3.63, 3.8) is 0 Å². The van der Waals surface area contributed by atoms with Crippen LogP contribution in [-0.4, -0.2) is 17.9 Å². The van der Waals surface area contributed by atoms with E-state index in [1.54, 1.807) is 0 Å². The van der Waals surface area contributed by atoms with E-state index < -0.39 is 11.8 Å². The number of benzene rings is 1. The molecular formula is C24H38N2O2. The standard InChI is InChI=1S/C24H38N2O2/c1-18(2)21-17-13-14-19(3)22(21)26-24(28)23(27)25-20-15-11-9-7-5-4-6-8-10-12-16-20/h13-14,17-18,20H,4-12,15-16H2,1-3H3,(H,25,27)(H,26,28). The highest BCUT2D eigenvalue weighted by Crippen LogP contribution is 2.27. The summed E-state index contributed by atoms with van der Waals surface area (Å²) < 4.78 is 0. The summed E-state index contributed by atoms with van der Waals surface area (Å²) in [5, 5.41) is 5.88. The summed E-state index contributed by atoms with van der Waals surface area (Å²) in [4.78, 5) is 25.1. The van der Waals surface area contributed by atoms with Crippen LogP contribution in [0.4, 0.5) is 5.69 Å². The first-order chi connectivity index (χ1) is 13.5. The second kappa shape index (κ2) is 11.9. The van der Waals surface area contributed by atoms with Crippen LogP contribution in [0.25, 0.3) is 0 Å². The minimum absolute atomic E-state index is 0.110. The van der Waals surface area contributed by atoms with E-state index in [1.165, 1.54) is 44.9 Å². The average molecular weight is 387 g/mol. The lowest BCUT2D eigenvalue weighted by Gasteiger charge is -2.20. The SMILES string of the molecule is Cc1cccc(C(C)C)c1NC(=O)C(=O)NC1CCCCCCCCCCC1. The van der Waals surface area contributed by atoms with Gasteiger partial charge in [-0.05, 0) is 36.8 Å². The van der Waals surface area contributed by atoms with Crippen LogP contribution in [-0.2, 0) is 9.59 Å². The lowest BCUT2D eigenvalue weighted by atomic mass is 9.97. The number of hydrogen-bond acceptors (Lipinski definition) is 2. The zero-order valence-corrected chi connectivity index (χ0v) is 18.0. The van der Waals surface area contributed by atoms with E-state index in [0.717, 1.165) is 42.5 Å². The number of hydrogen-bond donors (Lipinski definition) is 2. The average Bonchev–Trinajstić information content (AvgIpc) is 2.65. The quantitative estimate of drug-likeness (QED) is 0.641. The van der Waals surface area contributed by atoms with Gasteiger partial charge >= 0.3 is 11.8 Å². The molecule has 28 heavy (non-hydrogen) atoms. The molecule has 2 N–H and O–H groups in total. The van der Waals surface area contributed by atoms with E-state index in [1.807, 2.05) is 25.1 Å². The third-order valence-corrected chi connectivity index (χ3v) is 5.81. The Kier molecular flexibility index (Phi) is 9.52. The van der Waals surface area contributed by atoms with Crippen molar-refractivity contribution in [3.8, 4) is 0 Å². The van der Waals surface area contributed by atoms with Crippen LogP contribution in [0.5, 0.6) is 0 Å². The normalized spacial score (nSPS) is 17.4. The number of amides is 2. The summed E-state index contributed by atoms with van der Waals surface area (Å²) in [6.07, 6.45) is 13.2. The van der Waals surface area contributed by atoms with Crippen LogP contribution < -0.4 is 10.6 Å². The van der Waals surface area contributed by atoms with E-state index in [2.05, 4.69) is 24.5 Å². The van der Waals surface area contributed by atoms with Gasteiger partial charge in [0.2, 0.25) is 0 Å².